The van der Waals surface area contributed by atoms with Gasteiger partial charge in [-0.2, -0.15) is 0 Å². The Morgan fingerprint density at radius 1 is 1.50 bits per heavy atom. The molecule has 118 valence electrons. The maximum atomic E-state index is 11.5. The number of pyridine rings is 1. The average molecular weight is 309 g/mol. The molecule has 0 bridgehead atoms. The maximum Gasteiger partial charge on any atom is 0.356 e. The van der Waals surface area contributed by atoms with E-state index in [1.807, 2.05) is 0 Å². The second-order valence-electron chi connectivity index (χ2n) is 5.33. The topological polar surface area (TPSA) is 123 Å². The molecule has 9 heteroatoms. The highest BCUT2D eigenvalue weighted by molar-refractivity contribution is 5.88. The van der Waals surface area contributed by atoms with Gasteiger partial charge in [-0.25, -0.2) is 9.78 Å². The molecule has 1 saturated heterocycles. The van der Waals surface area contributed by atoms with E-state index in [4.69, 9.17) is 0 Å². The normalized spacial score (nSPS) is 20.7. The van der Waals surface area contributed by atoms with Gasteiger partial charge in [-0.3, -0.25) is 14.9 Å². The van der Waals surface area contributed by atoms with E-state index in [0.29, 0.717) is 13.0 Å². The van der Waals surface area contributed by atoms with Gasteiger partial charge >= 0.3 is 17.6 Å². The smallest absolute Gasteiger partial charge is 0.356 e. The lowest BCUT2D eigenvalue weighted by Gasteiger charge is -2.20. The van der Waals surface area contributed by atoms with E-state index in [1.165, 1.54) is 24.1 Å². The van der Waals surface area contributed by atoms with Gasteiger partial charge in [-0.05, 0) is 19.4 Å². The molecule has 1 N–H and O–H groups in total. The fraction of sp³-hybridized carbons (Fsp3) is 0.462. The molecule has 0 aliphatic carbocycles. The fourth-order valence-corrected chi connectivity index (χ4v) is 2.35. The molecule has 1 unspecified atom stereocenters. The number of methoxy groups -OCH3 is 1. The number of anilines is 1. The van der Waals surface area contributed by atoms with Crippen LogP contribution in [-0.4, -0.2) is 47.2 Å². The third-order valence-corrected chi connectivity index (χ3v) is 3.73. The van der Waals surface area contributed by atoms with Crippen molar-refractivity contribution >= 4 is 23.4 Å². The molecule has 0 radical (unpaired) electrons. The maximum absolute atomic E-state index is 11.5. The highest BCUT2D eigenvalue weighted by Crippen LogP contribution is 2.36. The van der Waals surface area contributed by atoms with Crippen LogP contribution in [-0.2, 0) is 9.53 Å². The number of esters is 1. The number of ether oxygens (including phenoxy) is 1. The summed E-state index contributed by atoms with van der Waals surface area (Å²) in [6, 6.07) is 2.38. The first-order chi connectivity index (χ1) is 10.3. The number of hydrogen-bond donors (Lipinski definition) is 1. The molecule has 0 amide bonds. The zero-order valence-electron chi connectivity index (χ0n) is 12.1. The number of carbonyl (C=O) groups is 2. The summed E-state index contributed by atoms with van der Waals surface area (Å²) in [7, 11) is 1.18. The number of nitrogens with zero attached hydrogens (tertiary/aromatic N) is 3. The van der Waals surface area contributed by atoms with Crippen molar-refractivity contribution in [1.29, 1.82) is 0 Å². The molecule has 1 aromatic heterocycles. The number of aliphatic carboxylic acids is 1. The second kappa shape index (κ2) is 5.58. The van der Waals surface area contributed by atoms with E-state index >= 15 is 0 Å². The fourth-order valence-electron chi connectivity index (χ4n) is 2.35. The van der Waals surface area contributed by atoms with E-state index in [0.717, 1.165) is 0 Å². The number of hydrogen-bond acceptors (Lipinski definition) is 7. The summed E-state index contributed by atoms with van der Waals surface area (Å²) in [5.74, 6) is -1.70. The lowest BCUT2D eigenvalue weighted by Crippen LogP contribution is -2.32. The lowest BCUT2D eigenvalue weighted by molar-refractivity contribution is -0.384. The molecule has 22 heavy (non-hydrogen) atoms. The predicted molar refractivity (Wildman–Crippen MR) is 74.8 cm³/mol. The molecule has 2 rings (SSSR count). The summed E-state index contributed by atoms with van der Waals surface area (Å²) in [5.41, 5.74) is -1.34. The van der Waals surface area contributed by atoms with Gasteiger partial charge in [0.2, 0.25) is 5.82 Å². The Labute approximate surface area is 125 Å². The molecule has 9 nitrogen and oxygen atoms in total. The van der Waals surface area contributed by atoms with Gasteiger partial charge in [-0.15, -0.1) is 0 Å². The minimum absolute atomic E-state index is 0.0159. The Morgan fingerprint density at radius 3 is 2.68 bits per heavy atom. The summed E-state index contributed by atoms with van der Waals surface area (Å²) >= 11 is 0. The average Bonchev–Trinajstić information content (AvgIpc) is 2.89. The second-order valence-corrected chi connectivity index (χ2v) is 5.33. The van der Waals surface area contributed by atoms with Crippen molar-refractivity contribution in [3.63, 3.8) is 0 Å². The number of carboxylic acids is 1. The van der Waals surface area contributed by atoms with Crippen molar-refractivity contribution in [2.75, 3.05) is 25.1 Å². The van der Waals surface area contributed by atoms with E-state index in [9.17, 15) is 24.8 Å². The van der Waals surface area contributed by atoms with Gasteiger partial charge in [-0.1, -0.05) is 0 Å². The highest BCUT2D eigenvalue weighted by Gasteiger charge is 2.42. The quantitative estimate of drug-likeness (QED) is 0.498. The highest BCUT2D eigenvalue weighted by atomic mass is 16.6. The Morgan fingerprint density at radius 2 is 2.18 bits per heavy atom. The number of aromatic nitrogens is 1. The first-order valence-corrected chi connectivity index (χ1v) is 6.50. The summed E-state index contributed by atoms with van der Waals surface area (Å²) in [4.78, 5) is 38.8. The number of carboxylic acid groups (broad SMARTS) is 1. The minimum atomic E-state index is -1.00. The molecule has 1 fully saturated rings. The van der Waals surface area contributed by atoms with Crippen LogP contribution in [0.5, 0.6) is 0 Å². The summed E-state index contributed by atoms with van der Waals surface area (Å²) in [5, 5.41) is 20.4. The monoisotopic (exact) mass is 309 g/mol. The van der Waals surface area contributed by atoms with Gasteiger partial charge in [0.25, 0.3) is 0 Å². The summed E-state index contributed by atoms with van der Waals surface area (Å²) in [6.45, 7) is 1.97. The van der Waals surface area contributed by atoms with Crippen LogP contribution < -0.4 is 4.90 Å². The SMILES string of the molecule is COC(=O)c1ccc([N+](=O)[O-])c(N2CCC(C)(C(=O)O)C2)n1. The Kier molecular flexibility index (Phi) is 3.98. The third-order valence-electron chi connectivity index (χ3n) is 3.73. The zero-order valence-corrected chi connectivity index (χ0v) is 12.1. The van der Waals surface area contributed by atoms with Gasteiger partial charge in [0.05, 0.1) is 17.4 Å². The molecular weight excluding hydrogens is 294 g/mol. The van der Waals surface area contributed by atoms with Gasteiger partial charge < -0.3 is 14.7 Å². The van der Waals surface area contributed by atoms with E-state index in [2.05, 4.69) is 9.72 Å². The van der Waals surface area contributed by atoms with Gasteiger partial charge in [0, 0.05) is 19.2 Å². The Hall–Kier alpha value is -2.71. The molecule has 0 spiro atoms. The number of rotatable bonds is 4. The number of nitro groups is 1. The molecule has 0 aromatic carbocycles. The predicted octanol–water partition coefficient (Wildman–Crippen LogP) is 1.08. The van der Waals surface area contributed by atoms with Crippen LogP contribution in [0.3, 0.4) is 0 Å². The Balaban J connectivity index is 2.42. The van der Waals surface area contributed by atoms with Crippen LogP contribution in [0, 0.1) is 15.5 Å². The molecule has 2 heterocycles. The van der Waals surface area contributed by atoms with Crippen LogP contribution in [0.2, 0.25) is 0 Å². The van der Waals surface area contributed by atoms with Crippen molar-refractivity contribution in [3.8, 4) is 0 Å². The minimum Gasteiger partial charge on any atom is -0.481 e. The van der Waals surface area contributed by atoms with Crippen LogP contribution in [0.4, 0.5) is 11.5 Å². The van der Waals surface area contributed by atoms with Crippen molar-refractivity contribution in [2.45, 2.75) is 13.3 Å². The van der Waals surface area contributed by atoms with Crippen LogP contribution in [0.1, 0.15) is 23.8 Å². The third kappa shape index (κ3) is 2.69. The molecule has 1 atom stereocenters. The first-order valence-electron chi connectivity index (χ1n) is 6.50. The van der Waals surface area contributed by atoms with E-state index in [-0.39, 0.29) is 23.7 Å². The lowest BCUT2D eigenvalue weighted by atomic mass is 9.90. The van der Waals surface area contributed by atoms with E-state index in [1.54, 1.807) is 6.92 Å². The first kappa shape index (κ1) is 15.7. The van der Waals surface area contributed by atoms with Crippen molar-refractivity contribution in [2.24, 2.45) is 5.41 Å². The summed E-state index contributed by atoms with van der Waals surface area (Å²) < 4.78 is 4.55. The van der Waals surface area contributed by atoms with Gasteiger partial charge in [0.1, 0.15) is 0 Å². The number of carbonyl (C=O) groups excluding carboxylic acids is 1. The van der Waals surface area contributed by atoms with Crippen LogP contribution >= 0.6 is 0 Å². The van der Waals surface area contributed by atoms with Crippen molar-refractivity contribution in [1.82, 2.24) is 4.98 Å². The largest absolute Gasteiger partial charge is 0.481 e. The van der Waals surface area contributed by atoms with E-state index < -0.39 is 22.3 Å². The molecule has 1 aliphatic heterocycles. The molecular formula is C13H15N3O6. The molecule has 1 aromatic rings. The van der Waals surface area contributed by atoms with Crippen LogP contribution in [0.15, 0.2) is 12.1 Å². The van der Waals surface area contributed by atoms with Crippen molar-refractivity contribution in [3.05, 3.63) is 27.9 Å². The zero-order chi connectivity index (χ0) is 16.5. The van der Waals surface area contributed by atoms with Crippen LogP contribution in [0.25, 0.3) is 0 Å². The van der Waals surface area contributed by atoms with Gasteiger partial charge in [0.15, 0.2) is 5.69 Å². The molecule has 1 aliphatic rings. The molecule has 0 saturated carbocycles. The summed E-state index contributed by atoms with van der Waals surface area (Å²) in [6.07, 6.45) is 0.337. The Bertz CT molecular complexity index is 647. The standard InChI is InChI=1S/C13H15N3O6/c1-13(12(18)19)5-6-15(7-13)10-9(16(20)21)4-3-8(14-10)11(17)22-2/h3-4H,5-7H2,1-2H3,(H,18,19). The van der Waals surface area contributed by atoms with Crippen molar-refractivity contribution < 1.29 is 24.4 Å².